The van der Waals surface area contributed by atoms with Crippen LogP contribution < -0.4 is 10.6 Å². The van der Waals surface area contributed by atoms with Gasteiger partial charge in [-0.05, 0) is 30.5 Å². The third-order valence-electron chi connectivity index (χ3n) is 4.78. The Morgan fingerprint density at radius 3 is 2.53 bits per heavy atom. The third-order valence-corrected chi connectivity index (χ3v) is 4.78. The fourth-order valence-corrected chi connectivity index (χ4v) is 3.17. The summed E-state index contributed by atoms with van der Waals surface area (Å²) < 4.78 is 1.63. The lowest BCUT2D eigenvalue weighted by molar-refractivity contribution is -0.119. The molecule has 0 radical (unpaired) electrons. The predicted octanol–water partition coefficient (Wildman–Crippen LogP) is 2.99. The van der Waals surface area contributed by atoms with Gasteiger partial charge in [-0.15, -0.1) is 0 Å². The number of Topliss-reactive ketones (excluding diaryl/α,β-unsaturated/α-hetero) is 1. The monoisotopic (exact) mass is 405 g/mol. The van der Waals surface area contributed by atoms with Crippen molar-refractivity contribution in [2.75, 3.05) is 11.9 Å². The molecule has 0 bridgehead atoms. The van der Waals surface area contributed by atoms with Crippen molar-refractivity contribution in [1.29, 1.82) is 0 Å². The molecule has 7 nitrogen and oxygen atoms in total. The Morgan fingerprint density at radius 1 is 1.10 bits per heavy atom. The predicted molar refractivity (Wildman–Crippen MR) is 117 cm³/mol. The van der Waals surface area contributed by atoms with Crippen molar-refractivity contribution in [3.63, 3.8) is 0 Å². The van der Waals surface area contributed by atoms with Crippen LogP contribution in [0.4, 0.5) is 5.82 Å². The minimum Gasteiger partial charge on any atom is -0.310 e. The average molecular weight is 406 g/mol. The van der Waals surface area contributed by atoms with Crippen molar-refractivity contribution < 1.29 is 9.59 Å². The van der Waals surface area contributed by atoms with E-state index in [1.165, 1.54) is 0 Å². The first kappa shape index (κ1) is 21.4. The van der Waals surface area contributed by atoms with Gasteiger partial charge in [-0.3, -0.25) is 24.6 Å². The minimum atomic E-state index is -0.535. The Balaban J connectivity index is 1.73. The molecule has 0 aliphatic carbocycles. The van der Waals surface area contributed by atoms with Crippen LogP contribution in [0.5, 0.6) is 0 Å². The molecule has 2 aromatic heterocycles. The molecule has 1 atom stereocenters. The molecule has 7 heteroatoms. The molecule has 1 aromatic carbocycles. The molecule has 30 heavy (non-hydrogen) atoms. The number of hydrogen-bond acceptors (Lipinski definition) is 5. The number of hydrogen-bond donors (Lipinski definition) is 2. The van der Waals surface area contributed by atoms with Crippen LogP contribution in [0.2, 0.25) is 0 Å². The van der Waals surface area contributed by atoms with Gasteiger partial charge in [-0.2, -0.15) is 5.10 Å². The molecule has 156 valence electrons. The molecule has 1 amide bonds. The van der Waals surface area contributed by atoms with Crippen LogP contribution >= 0.6 is 0 Å². The molecular formula is C23H27N5O2. The van der Waals surface area contributed by atoms with Crippen molar-refractivity contribution in [2.45, 2.75) is 32.2 Å². The fraction of sp³-hybridized carbons (Fsp3) is 0.304. The molecule has 0 aliphatic heterocycles. The van der Waals surface area contributed by atoms with Gasteiger partial charge in [0.1, 0.15) is 11.6 Å². The average Bonchev–Trinajstić information content (AvgIpc) is 3.13. The van der Waals surface area contributed by atoms with Gasteiger partial charge in [0.25, 0.3) is 0 Å². The largest absolute Gasteiger partial charge is 0.310 e. The quantitative estimate of drug-likeness (QED) is 0.541. The number of anilines is 1. The van der Waals surface area contributed by atoms with Crippen molar-refractivity contribution in [2.24, 2.45) is 7.05 Å². The standard InChI is InChI=1S/C23H27N5O2/c1-3-7-19(29)16-25-21(14-17-8-5-4-6-9-17)23(30)26-22-15-20(27-28(22)2)18-10-12-24-13-11-18/h4-6,8-13,15,21,25H,3,7,14,16H2,1-2H3,(H,26,30)/t21-/m0/s1. The number of rotatable bonds is 10. The van der Waals surface area contributed by atoms with Gasteiger partial charge in [0, 0.05) is 37.5 Å². The summed E-state index contributed by atoms with van der Waals surface area (Å²) in [6, 6.07) is 14.8. The summed E-state index contributed by atoms with van der Waals surface area (Å²) in [6.07, 6.45) is 5.19. The second-order valence-corrected chi connectivity index (χ2v) is 7.18. The lowest BCUT2D eigenvalue weighted by atomic mass is 10.0. The van der Waals surface area contributed by atoms with Crippen molar-refractivity contribution in [3.8, 4) is 11.3 Å². The highest BCUT2D eigenvalue weighted by molar-refractivity contribution is 5.95. The first-order valence-corrected chi connectivity index (χ1v) is 10.1. The Bertz CT molecular complexity index is 970. The van der Waals surface area contributed by atoms with Crippen molar-refractivity contribution in [3.05, 3.63) is 66.5 Å². The summed E-state index contributed by atoms with van der Waals surface area (Å²) in [4.78, 5) is 29.1. The topological polar surface area (TPSA) is 88.9 Å². The summed E-state index contributed by atoms with van der Waals surface area (Å²) in [7, 11) is 1.78. The highest BCUT2D eigenvalue weighted by Crippen LogP contribution is 2.20. The first-order valence-electron chi connectivity index (χ1n) is 10.1. The lowest BCUT2D eigenvalue weighted by Gasteiger charge is -2.18. The second kappa shape index (κ2) is 10.5. The van der Waals surface area contributed by atoms with Gasteiger partial charge in [-0.1, -0.05) is 37.3 Å². The van der Waals surface area contributed by atoms with E-state index >= 15 is 0 Å². The number of benzene rings is 1. The van der Waals surface area contributed by atoms with E-state index in [9.17, 15) is 9.59 Å². The second-order valence-electron chi connectivity index (χ2n) is 7.18. The number of nitrogens with zero attached hydrogens (tertiary/aromatic N) is 3. The number of carbonyl (C=O) groups excluding carboxylic acids is 2. The van der Waals surface area contributed by atoms with Gasteiger partial charge < -0.3 is 5.32 Å². The van der Waals surface area contributed by atoms with Crippen LogP contribution in [0, 0.1) is 0 Å². The molecule has 0 unspecified atom stereocenters. The maximum Gasteiger partial charge on any atom is 0.243 e. The van der Waals surface area contributed by atoms with Crippen LogP contribution in [-0.4, -0.2) is 39.0 Å². The van der Waals surface area contributed by atoms with E-state index < -0.39 is 6.04 Å². The Morgan fingerprint density at radius 2 is 1.83 bits per heavy atom. The maximum atomic E-state index is 13.0. The van der Waals surface area contributed by atoms with Crippen LogP contribution in [0.25, 0.3) is 11.3 Å². The van der Waals surface area contributed by atoms with E-state index in [4.69, 9.17) is 0 Å². The molecule has 0 saturated carbocycles. The van der Waals surface area contributed by atoms with E-state index in [2.05, 4.69) is 20.7 Å². The molecule has 0 fully saturated rings. The van der Waals surface area contributed by atoms with Gasteiger partial charge in [-0.25, -0.2) is 0 Å². The van der Waals surface area contributed by atoms with Crippen molar-refractivity contribution >= 4 is 17.5 Å². The number of nitrogens with one attached hydrogen (secondary N) is 2. The zero-order valence-corrected chi connectivity index (χ0v) is 17.3. The molecule has 2 N–H and O–H groups in total. The summed E-state index contributed by atoms with van der Waals surface area (Å²) in [5.41, 5.74) is 2.70. The minimum absolute atomic E-state index is 0.101. The van der Waals surface area contributed by atoms with Crippen LogP contribution in [0.15, 0.2) is 60.9 Å². The summed E-state index contributed by atoms with van der Waals surface area (Å²) in [6.45, 7) is 2.14. The SMILES string of the molecule is CCCC(=O)CN[C@@H](Cc1ccccc1)C(=O)Nc1cc(-c2ccncc2)nn1C. The zero-order chi connectivity index (χ0) is 21.3. The highest BCUT2D eigenvalue weighted by Gasteiger charge is 2.21. The summed E-state index contributed by atoms with van der Waals surface area (Å²) >= 11 is 0. The Labute approximate surface area is 176 Å². The van der Waals surface area contributed by atoms with Crippen LogP contribution in [0.3, 0.4) is 0 Å². The van der Waals surface area contributed by atoms with Crippen LogP contribution in [-0.2, 0) is 23.1 Å². The maximum absolute atomic E-state index is 13.0. The zero-order valence-electron chi connectivity index (χ0n) is 17.3. The number of carbonyl (C=O) groups is 2. The number of aryl methyl sites for hydroxylation is 1. The fourth-order valence-electron chi connectivity index (χ4n) is 3.17. The van der Waals surface area contributed by atoms with Gasteiger partial charge in [0.05, 0.1) is 18.3 Å². The number of aromatic nitrogens is 3. The molecule has 0 saturated heterocycles. The van der Waals surface area contributed by atoms with E-state index in [0.717, 1.165) is 23.2 Å². The number of pyridine rings is 1. The molecule has 0 aliphatic rings. The van der Waals surface area contributed by atoms with E-state index in [0.29, 0.717) is 18.7 Å². The van der Waals surface area contributed by atoms with Crippen LogP contribution in [0.1, 0.15) is 25.3 Å². The smallest absolute Gasteiger partial charge is 0.243 e. The lowest BCUT2D eigenvalue weighted by Crippen LogP contribution is -2.44. The summed E-state index contributed by atoms with van der Waals surface area (Å²) in [5.74, 6) is 0.489. The van der Waals surface area contributed by atoms with Gasteiger partial charge in [0.2, 0.25) is 5.91 Å². The van der Waals surface area contributed by atoms with Gasteiger partial charge >= 0.3 is 0 Å². The van der Waals surface area contributed by atoms with E-state index in [1.807, 2.05) is 55.5 Å². The Hall–Kier alpha value is -3.32. The third kappa shape index (κ3) is 5.84. The van der Waals surface area contributed by atoms with E-state index in [-0.39, 0.29) is 18.2 Å². The van der Waals surface area contributed by atoms with Crippen molar-refractivity contribution in [1.82, 2.24) is 20.1 Å². The molecule has 0 spiro atoms. The number of ketones is 1. The summed E-state index contributed by atoms with van der Waals surface area (Å²) in [5, 5.41) is 10.6. The molecular weight excluding hydrogens is 378 g/mol. The molecule has 3 rings (SSSR count). The highest BCUT2D eigenvalue weighted by atomic mass is 16.2. The molecule has 2 heterocycles. The van der Waals surface area contributed by atoms with E-state index in [1.54, 1.807) is 24.1 Å². The number of amides is 1. The first-order chi connectivity index (χ1) is 14.6. The van der Waals surface area contributed by atoms with Gasteiger partial charge in [0.15, 0.2) is 0 Å². The Kier molecular flexibility index (Phi) is 7.45. The molecule has 3 aromatic rings. The normalized spacial score (nSPS) is 11.8.